The van der Waals surface area contributed by atoms with Gasteiger partial charge in [0.2, 0.25) is 5.91 Å². The van der Waals surface area contributed by atoms with Crippen LogP contribution in [0.2, 0.25) is 0 Å². The van der Waals surface area contributed by atoms with Crippen LogP contribution in [-0.2, 0) is 11.3 Å². The summed E-state index contributed by atoms with van der Waals surface area (Å²) in [6.07, 6.45) is 7.41. The number of methoxy groups -OCH3 is 1. The molecule has 0 bridgehead atoms. The van der Waals surface area contributed by atoms with Crippen LogP contribution < -0.4 is 10.1 Å². The summed E-state index contributed by atoms with van der Waals surface area (Å²) in [6, 6.07) is 11.2. The van der Waals surface area contributed by atoms with E-state index in [2.05, 4.69) is 10.4 Å². The molecular weight excluding hydrogens is 304 g/mol. The number of hydrogen-bond acceptors (Lipinski definition) is 3. The number of carbonyl (C=O) groups is 1. The zero-order valence-electron chi connectivity index (χ0n) is 13.7. The first-order valence-electron chi connectivity index (χ1n) is 7.75. The standard InChI is InChI=1S/C18H20N4O2/c1-14(21-8-3-4-9-21)18(23)19-11-15-12-20-22(13-15)16-6-5-7-17(10-16)24-2/h3-10,12-14H,11H2,1-2H3,(H,19,23)/t14-/m1/s1. The number of benzene rings is 1. The van der Waals surface area contributed by atoms with E-state index in [4.69, 9.17) is 4.74 Å². The largest absolute Gasteiger partial charge is 0.497 e. The Bertz CT molecular complexity index is 808. The van der Waals surface area contributed by atoms with E-state index in [1.807, 2.05) is 66.5 Å². The average molecular weight is 324 g/mol. The van der Waals surface area contributed by atoms with Gasteiger partial charge >= 0.3 is 0 Å². The molecule has 0 fully saturated rings. The van der Waals surface area contributed by atoms with Gasteiger partial charge in [0, 0.05) is 36.8 Å². The Labute approximate surface area is 140 Å². The summed E-state index contributed by atoms with van der Waals surface area (Å²) in [5, 5.41) is 7.28. The van der Waals surface area contributed by atoms with Crippen LogP contribution in [0, 0.1) is 0 Å². The predicted molar refractivity (Wildman–Crippen MR) is 91.1 cm³/mol. The van der Waals surface area contributed by atoms with Gasteiger partial charge in [0.05, 0.1) is 19.0 Å². The minimum Gasteiger partial charge on any atom is -0.497 e. The molecule has 1 atom stereocenters. The third-order valence-electron chi connectivity index (χ3n) is 3.87. The Hall–Kier alpha value is -3.02. The topological polar surface area (TPSA) is 61.1 Å². The zero-order chi connectivity index (χ0) is 16.9. The molecule has 0 saturated heterocycles. The van der Waals surface area contributed by atoms with E-state index in [1.54, 1.807) is 18.0 Å². The third kappa shape index (κ3) is 3.48. The molecule has 3 aromatic rings. The first kappa shape index (κ1) is 15.9. The third-order valence-corrected chi connectivity index (χ3v) is 3.87. The van der Waals surface area contributed by atoms with Crippen LogP contribution in [0.5, 0.6) is 5.75 Å². The SMILES string of the molecule is COc1cccc(-n2cc(CNC(=O)[C@@H](C)n3cccc3)cn2)c1. The predicted octanol–water partition coefficient (Wildman–Crippen LogP) is 2.56. The minimum atomic E-state index is -0.242. The summed E-state index contributed by atoms with van der Waals surface area (Å²) in [4.78, 5) is 12.2. The Morgan fingerprint density at radius 1 is 1.29 bits per heavy atom. The number of carbonyl (C=O) groups excluding carboxylic acids is 1. The molecule has 0 unspecified atom stereocenters. The Kier molecular flexibility index (Phi) is 4.65. The first-order valence-corrected chi connectivity index (χ1v) is 7.75. The quantitative estimate of drug-likeness (QED) is 0.758. The van der Waals surface area contributed by atoms with Crippen molar-refractivity contribution in [2.24, 2.45) is 0 Å². The summed E-state index contributed by atoms with van der Waals surface area (Å²) < 4.78 is 8.86. The van der Waals surface area contributed by atoms with Crippen LogP contribution in [0.3, 0.4) is 0 Å². The van der Waals surface area contributed by atoms with Gasteiger partial charge in [-0.15, -0.1) is 0 Å². The van der Waals surface area contributed by atoms with E-state index in [-0.39, 0.29) is 11.9 Å². The first-order chi connectivity index (χ1) is 11.7. The van der Waals surface area contributed by atoms with Gasteiger partial charge in [-0.25, -0.2) is 4.68 Å². The fraction of sp³-hybridized carbons (Fsp3) is 0.222. The smallest absolute Gasteiger partial charge is 0.243 e. The van der Waals surface area contributed by atoms with Crippen LogP contribution in [-0.4, -0.2) is 27.4 Å². The van der Waals surface area contributed by atoms with Crippen LogP contribution in [0.1, 0.15) is 18.5 Å². The number of ether oxygens (including phenoxy) is 1. The summed E-state index contributed by atoms with van der Waals surface area (Å²) in [5.41, 5.74) is 1.85. The Morgan fingerprint density at radius 2 is 2.08 bits per heavy atom. The zero-order valence-corrected chi connectivity index (χ0v) is 13.7. The van der Waals surface area contributed by atoms with E-state index < -0.39 is 0 Å². The summed E-state index contributed by atoms with van der Waals surface area (Å²) in [7, 11) is 1.63. The van der Waals surface area contributed by atoms with Crippen molar-refractivity contribution in [2.45, 2.75) is 19.5 Å². The average Bonchev–Trinajstić information content (AvgIpc) is 3.30. The molecule has 6 heteroatoms. The lowest BCUT2D eigenvalue weighted by molar-refractivity contribution is -0.124. The summed E-state index contributed by atoms with van der Waals surface area (Å²) >= 11 is 0. The molecule has 0 aliphatic carbocycles. The van der Waals surface area contributed by atoms with Crippen LogP contribution in [0.25, 0.3) is 5.69 Å². The summed E-state index contributed by atoms with van der Waals surface area (Å²) in [6.45, 7) is 2.31. The molecule has 0 radical (unpaired) electrons. The maximum Gasteiger partial charge on any atom is 0.243 e. The van der Waals surface area contributed by atoms with Crippen molar-refractivity contribution in [2.75, 3.05) is 7.11 Å². The van der Waals surface area contributed by atoms with Crippen molar-refractivity contribution in [1.29, 1.82) is 0 Å². The molecule has 0 aliphatic rings. The van der Waals surface area contributed by atoms with E-state index in [0.29, 0.717) is 6.54 Å². The van der Waals surface area contributed by atoms with Crippen molar-refractivity contribution in [3.63, 3.8) is 0 Å². The van der Waals surface area contributed by atoms with Gasteiger partial charge in [-0.2, -0.15) is 5.10 Å². The lowest BCUT2D eigenvalue weighted by atomic mass is 10.3. The van der Waals surface area contributed by atoms with Crippen molar-refractivity contribution >= 4 is 5.91 Å². The molecule has 0 aliphatic heterocycles. The van der Waals surface area contributed by atoms with Crippen molar-refractivity contribution in [3.05, 3.63) is 66.7 Å². The number of aromatic nitrogens is 3. The number of hydrogen-bond donors (Lipinski definition) is 1. The Morgan fingerprint density at radius 3 is 2.83 bits per heavy atom. The van der Waals surface area contributed by atoms with E-state index >= 15 is 0 Å². The molecule has 0 spiro atoms. The number of nitrogens with one attached hydrogen (secondary N) is 1. The highest BCUT2D eigenvalue weighted by Gasteiger charge is 2.13. The second-order valence-corrected chi connectivity index (χ2v) is 5.52. The van der Waals surface area contributed by atoms with E-state index in [9.17, 15) is 4.79 Å². The van der Waals surface area contributed by atoms with Gasteiger partial charge in [0.25, 0.3) is 0 Å². The molecule has 1 amide bonds. The second-order valence-electron chi connectivity index (χ2n) is 5.52. The van der Waals surface area contributed by atoms with Crippen molar-refractivity contribution < 1.29 is 9.53 Å². The molecule has 24 heavy (non-hydrogen) atoms. The highest BCUT2D eigenvalue weighted by molar-refractivity contribution is 5.79. The van der Waals surface area contributed by atoms with Gasteiger partial charge in [-0.1, -0.05) is 6.07 Å². The number of nitrogens with zero attached hydrogens (tertiary/aromatic N) is 3. The lowest BCUT2D eigenvalue weighted by Crippen LogP contribution is -2.29. The molecule has 2 aromatic heterocycles. The van der Waals surface area contributed by atoms with Crippen molar-refractivity contribution in [1.82, 2.24) is 19.7 Å². The number of amides is 1. The van der Waals surface area contributed by atoms with Crippen molar-refractivity contribution in [3.8, 4) is 11.4 Å². The monoisotopic (exact) mass is 324 g/mol. The normalized spacial score (nSPS) is 11.9. The maximum absolute atomic E-state index is 12.2. The summed E-state index contributed by atoms with van der Waals surface area (Å²) in [5.74, 6) is 0.749. The maximum atomic E-state index is 12.2. The highest BCUT2D eigenvalue weighted by atomic mass is 16.5. The molecular formula is C18H20N4O2. The Balaban J connectivity index is 1.63. The number of rotatable bonds is 6. The molecule has 6 nitrogen and oxygen atoms in total. The van der Waals surface area contributed by atoms with Crippen LogP contribution in [0.4, 0.5) is 0 Å². The fourth-order valence-electron chi connectivity index (χ4n) is 2.42. The van der Waals surface area contributed by atoms with Gasteiger partial charge in [0.1, 0.15) is 11.8 Å². The van der Waals surface area contributed by atoms with Crippen LogP contribution in [0.15, 0.2) is 61.2 Å². The molecule has 1 N–H and O–H groups in total. The van der Waals surface area contributed by atoms with Gasteiger partial charge < -0.3 is 14.6 Å². The molecule has 1 aromatic carbocycles. The minimum absolute atomic E-state index is 0.0275. The molecule has 124 valence electrons. The fourth-order valence-corrected chi connectivity index (χ4v) is 2.42. The highest BCUT2D eigenvalue weighted by Crippen LogP contribution is 2.16. The molecule has 0 saturated carbocycles. The van der Waals surface area contributed by atoms with E-state index in [0.717, 1.165) is 17.0 Å². The lowest BCUT2D eigenvalue weighted by Gasteiger charge is -2.13. The molecule has 2 heterocycles. The van der Waals surface area contributed by atoms with Gasteiger partial charge in [0.15, 0.2) is 0 Å². The van der Waals surface area contributed by atoms with Crippen LogP contribution >= 0.6 is 0 Å². The van der Waals surface area contributed by atoms with Gasteiger partial charge in [-0.05, 0) is 31.2 Å². The van der Waals surface area contributed by atoms with Gasteiger partial charge in [-0.3, -0.25) is 4.79 Å². The second kappa shape index (κ2) is 7.04. The molecule has 3 rings (SSSR count). The van der Waals surface area contributed by atoms with E-state index in [1.165, 1.54) is 0 Å².